The van der Waals surface area contributed by atoms with E-state index in [1.54, 1.807) is 41.9 Å². The fourth-order valence-corrected chi connectivity index (χ4v) is 5.42. The van der Waals surface area contributed by atoms with Gasteiger partial charge < -0.3 is 34.3 Å². The number of rotatable bonds is 12. The van der Waals surface area contributed by atoms with Crippen molar-refractivity contribution >= 4 is 18.0 Å². The number of hydrogen-bond acceptors (Lipinski definition) is 9. The number of nitrogens with zero attached hydrogens (tertiary/aromatic N) is 1. The molecular formula is C31H49N3O8. The van der Waals surface area contributed by atoms with Crippen LogP contribution in [0, 0.1) is 0 Å². The molecule has 11 nitrogen and oxygen atoms in total. The molecule has 42 heavy (non-hydrogen) atoms. The van der Waals surface area contributed by atoms with Crippen LogP contribution >= 0.6 is 0 Å². The van der Waals surface area contributed by atoms with E-state index in [0.29, 0.717) is 24.7 Å². The van der Waals surface area contributed by atoms with E-state index >= 15 is 0 Å². The Kier molecular flexibility index (Phi) is 12.3. The molecule has 1 saturated carbocycles. The molecule has 1 aliphatic heterocycles. The van der Waals surface area contributed by atoms with Gasteiger partial charge in [0, 0.05) is 19.1 Å². The van der Waals surface area contributed by atoms with Crippen molar-refractivity contribution < 1.29 is 38.1 Å². The van der Waals surface area contributed by atoms with Gasteiger partial charge >= 0.3 is 12.1 Å². The number of benzene rings is 1. The van der Waals surface area contributed by atoms with Gasteiger partial charge in [-0.2, -0.15) is 0 Å². The van der Waals surface area contributed by atoms with E-state index in [9.17, 15) is 14.4 Å². The maximum Gasteiger partial charge on any atom is 0.408 e. The summed E-state index contributed by atoms with van der Waals surface area (Å²) in [4.78, 5) is 39.6. The van der Waals surface area contributed by atoms with E-state index in [4.69, 9.17) is 23.7 Å². The maximum atomic E-state index is 12.8. The zero-order valence-electron chi connectivity index (χ0n) is 26.2. The van der Waals surface area contributed by atoms with Crippen LogP contribution in [0.4, 0.5) is 4.79 Å². The van der Waals surface area contributed by atoms with Gasteiger partial charge in [0.2, 0.25) is 5.91 Å². The Labute approximate surface area is 249 Å². The molecule has 1 saturated heterocycles. The zero-order chi connectivity index (χ0) is 30.9. The van der Waals surface area contributed by atoms with Gasteiger partial charge in [0.25, 0.3) is 0 Å². The molecule has 2 fully saturated rings. The van der Waals surface area contributed by atoms with Crippen molar-refractivity contribution in [3.8, 4) is 11.5 Å². The molecular weight excluding hydrogens is 542 g/mol. The molecule has 1 aromatic rings. The third-order valence-electron chi connectivity index (χ3n) is 7.61. The lowest BCUT2D eigenvalue weighted by atomic mass is 9.91. The minimum absolute atomic E-state index is 0.130. The van der Waals surface area contributed by atoms with E-state index in [1.165, 1.54) is 6.92 Å². The van der Waals surface area contributed by atoms with Gasteiger partial charge in [-0.15, -0.1) is 0 Å². The fourth-order valence-electron chi connectivity index (χ4n) is 5.42. The Morgan fingerprint density at radius 3 is 2.38 bits per heavy atom. The smallest absolute Gasteiger partial charge is 0.408 e. The minimum Gasteiger partial charge on any atom is -0.493 e. The van der Waals surface area contributed by atoms with Gasteiger partial charge in [-0.1, -0.05) is 18.9 Å². The van der Waals surface area contributed by atoms with Gasteiger partial charge in [-0.25, -0.2) is 9.59 Å². The SMILES string of the molecule is COc1ccc(CCO[C@@H]2CCCC[C@H]2N2CC[C@@H](OC(=O)C(C)NC(=O)C(C)NC(=O)OC(C)(C)C)C2)cc1OC. The van der Waals surface area contributed by atoms with Crippen LogP contribution in [0.3, 0.4) is 0 Å². The van der Waals surface area contributed by atoms with E-state index in [2.05, 4.69) is 15.5 Å². The van der Waals surface area contributed by atoms with Crippen LogP contribution < -0.4 is 20.1 Å². The largest absolute Gasteiger partial charge is 0.493 e. The van der Waals surface area contributed by atoms with E-state index < -0.39 is 35.7 Å². The summed E-state index contributed by atoms with van der Waals surface area (Å²) < 4.78 is 28.1. The van der Waals surface area contributed by atoms with Crippen LogP contribution in [0.1, 0.15) is 72.3 Å². The molecule has 2 unspecified atom stereocenters. The van der Waals surface area contributed by atoms with Gasteiger partial charge in [-0.3, -0.25) is 9.69 Å². The van der Waals surface area contributed by atoms with Crippen molar-refractivity contribution in [3.63, 3.8) is 0 Å². The van der Waals surface area contributed by atoms with Crippen LogP contribution in [-0.4, -0.2) is 92.7 Å². The molecule has 11 heteroatoms. The van der Waals surface area contributed by atoms with Crippen LogP contribution in [0.15, 0.2) is 18.2 Å². The molecule has 0 aromatic heterocycles. The van der Waals surface area contributed by atoms with E-state index in [1.807, 2.05) is 18.2 Å². The summed E-state index contributed by atoms with van der Waals surface area (Å²) >= 11 is 0. The maximum absolute atomic E-state index is 12.8. The first-order valence-corrected chi connectivity index (χ1v) is 15.0. The molecule has 2 amide bonds. The standard InChI is InChI=1S/C31H49N3O8/c1-20(33-30(37)42-31(3,4)5)28(35)32-21(2)29(36)41-23-14-16-34(19-23)24-10-8-9-11-25(24)40-17-15-22-12-13-26(38-6)27(18-22)39-7/h12-13,18,20-21,23-25H,8-11,14-17,19H2,1-7H3,(H,32,35)(H,33,37)/t20?,21?,23-,24-,25-/m1/s1. The summed E-state index contributed by atoms with van der Waals surface area (Å²) in [7, 11) is 3.26. The number of carbonyl (C=O) groups is 3. The van der Waals surface area contributed by atoms with Gasteiger partial charge in [0.15, 0.2) is 11.5 Å². The summed E-state index contributed by atoms with van der Waals surface area (Å²) in [5.74, 6) is 0.434. The Morgan fingerprint density at radius 1 is 0.976 bits per heavy atom. The predicted molar refractivity (Wildman–Crippen MR) is 158 cm³/mol. The van der Waals surface area contributed by atoms with E-state index in [0.717, 1.165) is 50.6 Å². The molecule has 1 aromatic carbocycles. The quantitative estimate of drug-likeness (QED) is 0.351. The second kappa shape index (κ2) is 15.4. The normalized spacial score (nSPS) is 22.5. The summed E-state index contributed by atoms with van der Waals surface area (Å²) in [6.45, 7) is 10.4. The summed E-state index contributed by atoms with van der Waals surface area (Å²) in [5, 5.41) is 5.10. The average molecular weight is 592 g/mol. The topological polar surface area (TPSA) is 125 Å². The van der Waals surface area contributed by atoms with Crippen molar-refractivity contribution in [3.05, 3.63) is 23.8 Å². The molecule has 236 valence electrons. The number of likely N-dealkylation sites (tertiary alicyclic amines) is 1. The monoisotopic (exact) mass is 591 g/mol. The summed E-state index contributed by atoms with van der Waals surface area (Å²) in [6, 6.07) is 4.50. The molecule has 5 atom stereocenters. The third-order valence-corrected chi connectivity index (χ3v) is 7.61. The fraction of sp³-hybridized carbons (Fsp3) is 0.710. The molecule has 0 bridgehead atoms. The Bertz CT molecular complexity index is 1060. The van der Waals surface area contributed by atoms with Crippen molar-refractivity contribution in [1.29, 1.82) is 0 Å². The lowest BCUT2D eigenvalue weighted by molar-refractivity contribution is -0.152. The number of amides is 2. The number of ether oxygens (including phenoxy) is 5. The first-order chi connectivity index (χ1) is 19.9. The Hall–Kier alpha value is -3.05. The first kappa shape index (κ1) is 33.5. The van der Waals surface area contributed by atoms with E-state index in [-0.39, 0.29) is 18.2 Å². The summed E-state index contributed by atoms with van der Waals surface area (Å²) in [5.41, 5.74) is 0.451. The number of methoxy groups -OCH3 is 2. The Morgan fingerprint density at radius 2 is 1.69 bits per heavy atom. The lowest BCUT2D eigenvalue weighted by Gasteiger charge is -2.37. The number of hydrogen-bond donors (Lipinski definition) is 2. The highest BCUT2D eigenvalue weighted by Crippen LogP contribution is 2.30. The van der Waals surface area contributed by atoms with Gasteiger partial charge in [0.05, 0.1) is 26.9 Å². The number of carbonyl (C=O) groups excluding carboxylic acids is 3. The first-order valence-electron chi connectivity index (χ1n) is 15.0. The summed E-state index contributed by atoms with van der Waals surface area (Å²) in [6.07, 6.45) is 5.05. The number of esters is 1. The van der Waals surface area contributed by atoms with Crippen molar-refractivity contribution in [2.75, 3.05) is 33.9 Å². The molecule has 1 heterocycles. The molecule has 2 aliphatic rings. The van der Waals surface area contributed by atoms with Crippen molar-refractivity contribution in [2.24, 2.45) is 0 Å². The zero-order valence-corrected chi connectivity index (χ0v) is 26.2. The highest BCUT2D eigenvalue weighted by Gasteiger charge is 2.37. The van der Waals surface area contributed by atoms with Crippen molar-refractivity contribution in [2.45, 2.75) is 109 Å². The van der Waals surface area contributed by atoms with Gasteiger partial charge in [-0.05, 0) is 78.0 Å². The van der Waals surface area contributed by atoms with Crippen LogP contribution in [0.2, 0.25) is 0 Å². The highest BCUT2D eigenvalue weighted by molar-refractivity contribution is 5.89. The number of nitrogens with one attached hydrogen (secondary N) is 2. The number of alkyl carbamates (subject to hydrolysis) is 1. The minimum atomic E-state index is -0.868. The average Bonchev–Trinajstić information content (AvgIpc) is 3.40. The molecule has 0 radical (unpaired) electrons. The highest BCUT2D eigenvalue weighted by atomic mass is 16.6. The molecule has 0 spiro atoms. The van der Waals surface area contributed by atoms with Crippen LogP contribution in [-0.2, 0) is 30.2 Å². The molecule has 1 aliphatic carbocycles. The van der Waals surface area contributed by atoms with Crippen LogP contribution in [0.25, 0.3) is 0 Å². The third kappa shape index (κ3) is 10.0. The second-order valence-electron chi connectivity index (χ2n) is 12.1. The lowest BCUT2D eigenvalue weighted by Crippen LogP contribution is -2.51. The Balaban J connectivity index is 1.44. The predicted octanol–water partition coefficient (Wildman–Crippen LogP) is 3.61. The van der Waals surface area contributed by atoms with Crippen LogP contribution in [0.5, 0.6) is 11.5 Å². The molecule has 3 rings (SSSR count). The van der Waals surface area contributed by atoms with Gasteiger partial charge in [0.1, 0.15) is 23.8 Å². The second-order valence-corrected chi connectivity index (χ2v) is 12.1. The van der Waals surface area contributed by atoms with Crippen molar-refractivity contribution in [1.82, 2.24) is 15.5 Å². The molecule has 2 N–H and O–H groups in total.